The summed E-state index contributed by atoms with van der Waals surface area (Å²) in [4.78, 5) is 12.8. The van der Waals surface area contributed by atoms with E-state index in [9.17, 15) is 13.2 Å². The molecule has 4 rings (SSSR count). The molecule has 0 atom stereocenters. The molecule has 32 heavy (non-hydrogen) atoms. The van der Waals surface area contributed by atoms with Crippen LogP contribution >= 0.6 is 0 Å². The Hall–Kier alpha value is -3.92. The second kappa shape index (κ2) is 8.31. The molecule has 2 heterocycles. The lowest BCUT2D eigenvalue weighted by Gasteiger charge is -2.09. The summed E-state index contributed by atoms with van der Waals surface area (Å²) in [7, 11) is -3.86. The molecule has 0 fully saturated rings. The van der Waals surface area contributed by atoms with E-state index < -0.39 is 10.0 Å². The highest BCUT2D eigenvalue weighted by Gasteiger charge is 2.20. The van der Waals surface area contributed by atoms with E-state index >= 15 is 0 Å². The number of carbonyl (C=O) groups excluding carboxylic acids is 1. The maximum absolute atomic E-state index is 12.7. The molecule has 0 bridgehead atoms. The zero-order valence-electron chi connectivity index (χ0n) is 17.7. The molecule has 0 spiro atoms. The number of hydrogen-bond acceptors (Lipinski definition) is 6. The molecule has 0 saturated heterocycles. The minimum atomic E-state index is -3.86. The topological polar surface area (TPSA) is 119 Å². The minimum Gasteiger partial charge on any atom is -0.337 e. The summed E-state index contributed by atoms with van der Waals surface area (Å²) in [6, 6.07) is 15.3. The Bertz CT molecular complexity index is 1370. The molecule has 2 aromatic heterocycles. The van der Waals surface area contributed by atoms with Gasteiger partial charge in [0.25, 0.3) is 15.9 Å². The van der Waals surface area contributed by atoms with Crippen molar-refractivity contribution in [1.82, 2.24) is 14.9 Å². The molecular formula is C22H21N5O4S. The molecule has 1 amide bonds. The molecular weight excluding hydrogens is 430 g/mol. The van der Waals surface area contributed by atoms with Crippen molar-refractivity contribution in [3.05, 3.63) is 83.3 Å². The number of amides is 1. The van der Waals surface area contributed by atoms with Gasteiger partial charge in [-0.25, -0.2) is 17.8 Å². The average molecular weight is 452 g/mol. The lowest BCUT2D eigenvalue weighted by Crippen LogP contribution is -2.15. The van der Waals surface area contributed by atoms with E-state index in [4.69, 9.17) is 4.52 Å². The van der Waals surface area contributed by atoms with Crippen LogP contribution in [0.3, 0.4) is 0 Å². The van der Waals surface area contributed by atoms with Crippen LogP contribution in [0.2, 0.25) is 0 Å². The fourth-order valence-corrected chi connectivity index (χ4v) is 4.12. The van der Waals surface area contributed by atoms with Crippen LogP contribution in [0.1, 0.15) is 27.3 Å². The molecule has 0 aliphatic heterocycles. The number of nitrogens with one attached hydrogen (secondary N) is 2. The number of aromatic nitrogens is 3. The fraction of sp³-hybridized carbons (Fsp3) is 0.136. The van der Waals surface area contributed by atoms with Crippen LogP contribution in [-0.4, -0.2) is 29.3 Å². The first-order chi connectivity index (χ1) is 15.3. The summed E-state index contributed by atoms with van der Waals surface area (Å²) in [5, 5.41) is 10.8. The standard InChI is InChI=1S/C22H21N5O4S/c1-14-15(2)25-31-22(14)26-32(29,30)19-11-9-17(10-12-19)24-21(28)20-13-23-27(16(20)3)18-7-5-4-6-8-18/h4-13,26H,1-3H3,(H,24,28). The highest BCUT2D eigenvalue weighted by Crippen LogP contribution is 2.23. The number of hydrogen-bond donors (Lipinski definition) is 2. The molecule has 0 aliphatic rings. The van der Waals surface area contributed by atoms with Crippen molar-refractivity contribution < 1.29 is 17.7 Å². The molecule has 9 nitrogen and oxygen atoms in total. The number of rotatable bonds is 6. The largest absolute Gasteiger partial charge is 0.337 e. The summed E-state index contributed by atoms with van der Waals surface area (Å²) in [5.74, 6) is -0.267. The van der Waals surface area contributed by atoms with E-state index in [0.717, 1.165) is 5.69 Å². The first-order valence-corrected chi connectivity index (χ1v) is 11.2. The van der Waals surface area contributed by atoms with E-state index in [1.807, 2.05) is 37.3 Å². The van der Waals surface area contributed by atoms with Gasteiger partial charge in [-0.2, -0.15) is 5.10 Å². The number of carbonyl (C=O) groups is 1. The van der Waals surface area contributed by atoms with Gasteiger partial charge in [0.05, 0.1) is 33.7 Å². The number of anilines is 2. The molecule has 2 N–H and O–H groups in total. The maximum Gasteiger partial charge on any atom is 0.264 e. The van der Waals surface area contributed by atoms with Crippen molar-refractivity contribution in [3.8, 4) is 5.69 Å². The SMILES string of the molecule is Cc1noc(NS(=O)(=O)c2ccc(NC(=O)c3cnn(-c4ccccc4)c3C)cc2)c1C. The molecule has 164 valence electrons. The van der Waals surface area contributed by atoms with Gasteiger partial charge in [0, 0.05) is 11.3 Å². The number of aryl methyl sites for hydroxylation is 1. The van der Waals surface area contributed by atoms with Gasteiger partial charge < -0.3 is 9.84 Å². The van der Waals surface area contributed by atoms with Crippen LogP contribution in [0.25, 0.3) is 5.69 Å². The van der Waals surface area contributed by atoms with Gasteiger partial charge in [0.1, 0.15) is 0 Å². The van der Waals surface area contributed by atoms with E-state index in [1.165, 1.54) is 30.5 Å². The van der Waals surface area contributed by atoms with Crippen molar-refractivity contribution in [1.29, 1.82) is 0 Å². The number of para-hydroxylation sites is 1. The molecule has 0 unspecified atom stereocenters. The first kappa shape index (κ1) is 21.3. The van der Waals surface area contributed by atoms with Crippen molar-refractivity contribution in [2.45, 2.75) is 25.7 Å². The van der Waals surface area contributed by atoms with E-state index in [1.54, 1.807) is 18.5 Å². The molecule has 10 heteroatoms. The normalized spacial score (nSPS) is 11.3. The van der Waals surface area contributed by atoms with Crippen molar-refractivity contribution in [3.63, 3.8) is 0 Å². The highest BCUT2D eigenvalue weighted by molar-refractivity contribution is 7.92. The lowest BCUT2D eigenvalue weighted by molar-refractivity contribution is 0.102. The summed E-state index contributed by atoms with van der Waals surface area (Å²) >= 11 is 0. The van der Waals surface area contributed by atoms with Crippen LogP contribution in [0.4, 0.5) is 11.6 Å². The fourth-order valence-electron chi connectivity index (χ4n) is 3.07. The van der Waals surface area contributed by atoms with Gasteiger partial charge in [0.15, 0.2) is 0 Å². The maximum atomic E-state index is 12.7. The van der Waals surface area contributed by atoms with E-state index in [0.29, 0.717) is 28.2 Å². The van der Waals surface area contributed by atoms with Gasteiger partial charge in [0.2, 0.25) is 5.88 Å². The van der Waals surface area contributed by atoms with Gasteiger partial charge in [-0.05, 0) is 57.2 Å². The predicted octanol–water partition coefficient (Wildman–Crippen LogP) is 3.84. The van der Waals surface area contributed by atoms with Gasteiger partial charge in [-0.3, -0.25) is 4.79 Å². The van der Waals surface area contributed by atoms with Crippen LogP contribution < -0.4 is 10.0 Å². The first-order valence-electron chi connectivity index (χ1n) is 9.73. The molecule has 0 radical (unpaired) electrons. The summed E-state index contributed by atoms with van der Waals surface area (Å²) in [5.41, 5.74) is 3.63. The van der Waals surface area contributed by atoms with Crippen molar-refractivity contribution in [2.75, 3.05) is 10.0 Å². The van der Waals surface area contributed by atoms with Crippen LogP contribution in [0.15, 0.2) is 70.2 Å². The van der Waals surface area contributed by atoms with E-state index in [-0.39, 0.29) is 16.7 Å². The Morgan fingerprint density at radius 2 is 1.69 bits per heavy atom. The zero-order chi connectivity index (χ0) is 22.9. The average Bonchev–Trinajstić information content (AvgIpc) is 3.31. The number of benzene rings is 2. The lowest BCUT2D eigenvalue weighted by atomic mass is 10.2. The third kappa shape index (κ3) is 4.12. The number of sulfonamides is 1. The smallest absolute Gasteiger partial charge is 0.264 e. The monoisotopic (exact) mass is 451 g/mol. The van der Waals surface area contributed by atoms with Gasteiger partial charge in [-0.1, -0.05) is 23.4 Å². The summed E-state index contributed by atoms with van der Waals surface area (Å²) in [6.45, 7) is 5.24. The third-order valence-electron chi connectivity index (χ3n) is 5.06. The Morgan fingerprint density at radius 1 is 1.00 bits per heavy atom. The second-order valence-electron chi connectivity index (χ2n) is 7.20. The van der Waals surface area contributed by atoms with Crippen molar-refractivity contribution >= 4 is 27.5 Å². The second-order valence-corrected chi connectivity index (χ2v) is 8.88. The Balaban J connectivity index is 1.49. The molecule has 4 aromatic rings. The van der Waals surface area contributed by atoms with Crippen LogP contribution in [0.5, 0.6) is 0 Å². The molecule has 0 saturated carbocycles. The summed E-state index contributed by atoms with van der Waals surface area (Å²) in [6.07, 6.45) is 1.50. The molecule has 0 aliphatic carbocycles. The minimum absolute atomic E-state index is 0.0250. The van der Waals surface area contributed by atoms with E-state index in [2.05, 4.69) is 20.3 Å². The van der Waals surface area contributed by atoms with Gasteiger partial charge in [-0.15, -0.1) is 0 Å². The van der Waals surface area contributed by atoms with Crippen LogP contribution in [0, 0.1) is 20.8 Å². The van der Waals surface area contributed by atoms with Crippen LogP contribution in [-0.2, 0) is 10.0 Å². The molecule has 2 aromatic carbocycles. The highest BCUT2D eigenvalue weighted by atomic mass is 32.2. The number of nitrogens with zero attached hydrogens (tertiary/aromatic N) is 3. The summed E-state index contributed by atoms with van der Waals surface area (Å²) < 4.78 is 34.3. The third-order valence-corrected chi connectivity index (χ3v) is 6.41. The van der Waals surface area contributed by atoms with Crippen molar-refractivity contribution in [2.24, 2.45) is 0 Å². The zero-order valence-corrected chi connectivity index (χ0v) is 18.5. The Labute approximate surface area is 185 Å². The quantitative estimate of drug-likeness (QED) is 0.460. The Kier molecular flexibility index (Phi) is 5.54. The Morgan fingerprint density at radius 3 is 2.31 bits per heavy atom. The van der Waals surface area contributed by atoms with Gasteiger partial charge >= 0.3 is 0 Å². The predicted molar refractivity (Wildman–Crippen MR) is 119 cm³/mol.